The van der Waals surface area contributed by atoms with E-state index in [1.807, 2.05) is 0 Å². The van der Waals surface area contributed by atoms with Gasteiger partial charge < -0.3 is 14.7 Å². The Kier molecular flexibility index (Phi) is 8.61. The van der Waals surface area contributed by atoms with Gasteiger partial charge in [0.15, 0.2) is 0 Å². The molecule has 162 valence electrons. The molecule has 3 aliphatic rings. The summed E-state index contributed by atoms with van der Waals surface area (Å²) in [5, 5.41) is 0. The van der Waals surface area contributed by atoms with Crippen LogP contribution in [-0.2, 0) is 4.79 Å². The van der Waals surface area contributed by atoms with Gasteiger partial charge in [0, 0.05) is 57.9 Å². The first-order valence-electron chi connectivity index (χ1n) is 12.0. The molecule has 0 aromatic rings. The summed E-state index contributed by atoms with van der Waals surface area (Å²) >= 11 is 0. The molecule has 0 N–H and O–H groups in total. The lowest BCUT2D eigenvalue weighted by Gasteiger charge is -2.39. The second kappa shape index (κ2) is 10.9. The summed E-state index contributed by atoms with van der Waals surface area (Å²) in [6, 6.07) is 1.37. The first-order chi connectivity index (χ1) is 13.6. The summed E-state index contributed by atoms with van der Waals surface area (Å²) in [5.41, 5.74) is 0. The normalized spacial score (nSPS) is 24.0. The fourth-order valence-electron chi connectivity index (χ4n) is 4.99. The number of hydrogen-bond acceptors (Lipinski definition) is 4. The molecule has 0 atom stereocenters. The average Bonchev–Trinajstić information content (AvgIpc) is 3.45. The first-order valence-corrected chi connectivity index (χ1v) is 12.0. The van der Waals surface area contributed by atoms with Crippen LogP contribution in [-0.4, -0.2) is 96.5 Å². The van der Waals surface area contributed by atoms with Gasteiger partial charge in [0.05, 0.1) is 6.54 Å². The zero-order valence-corrected chi connectivity index (χ0v) is 18.7. The number of amides is 1. The quantitative estimate of drug-likeness (QED) is 0.635. The van der Waals surface area contributed by atoms with E-state index in [1.165, 1.54) is 45.2 Å². The number of likely N-dealkylation sites (tertiary alicyclic amines) is 1. The predicted molar refractivity (Wildman–Crippen MR) is 117 cm³/mol. The molecular weight excluding hydrogens is 348 g/mol. The maximum Gasteiger partial charge on any atom is 0.236 e. The molecule has 2 aliphatic heterocycles. The van der Waals surface area contributed by atoms with Gasteiger partial charge in [0.2, 0.25) is 5.91 Å². The van der Waals surface area contributed by atoms with E-state index in [0.29, 0.717) is 18.5 Å². The summed E-state index contributed by atoms with van der Waals surface area (Å²) < 4.78 is 0. The topological polar surface area (TPSA) is 30.0 Å². The number of carbonyl (C=O) groups is 1. The van der Waals surface area contributed by atoms with E-state index in [1.54, 1.807) is 0 Å². The molecular formula is C23H44N4O. The molecule has 28 heavy (non-hydrogen) atoms. The number of carbonyl (C=O) groups excluding carboxylic acids is 1. The van der Waals surface area contributed by atoms with E-state index < -0.39 is 0 Å². The second-order valence-corrected chi connectivity index (χ2v) is 9.66. The van der Waals surface area contributed by atoms with Crippen molar-refractivity contribution in [1.29, 1.82) is 0 Å². The third-order valence-corrected chi connectivity index (χ3v) is 6.96. The molecule has 0 aromatic heterocycles. The predicted octanol–water partition coefficient (Wildman–Crippen LogP) is 2.91. The number of nitrogens with zero attached hydrogens (tertiary/aromatic N) is 4. The van der Waals surface area contributed by atoms with Crippen LogP contribution in [0.1, 0.15) is 65.7 Å². The Morgan fingerprint density at radius 2 is 1.61 bits per heavy atom. The van der Waals surface area contributed by atoms with E-state index in [9.17, 15) is 4.79 Å². The van der Waals surface area contributed by atoms with Crippen molar-refractivity contribution in [3.05, 3.63) is 0 Å². The minimum Gasteiger partial charge on any atom is -0.341 e. The molecule has 0 bridgehead atoms. The summed E-state index contributed by atoms with van der Waals surface area (Å²) in [6.07, 6.45) is 8.84. The van der Waals surface area contributed by atoms with Crippen molar-refractivity contribution in [2.24, 2.45) is 5.92 Å². The molecule has 0 spiro atoms. The zero-order valence-electron chi connectivity index (χ0n) is 18.7. The lowest BCUT2D eigenvalue weighted by atomic mass is 10.0. The first kappa shape index (κ1) is 22.0. The Labute approximate surface area is 173 Å². The van der Waals surface area contributed by atoms with E-state index >= 15 is 0 Å². The third kappa shape index (κ3) is 6.70. The molecule has 5 nitrogen and oxygen atoms in total. The lowest BCUT2D eigenvalue weighted by Crippen LogP contribution is -2.49. The molecule has 3 rings (SSSR count). The third-order valence-electron chi connectivity index (χ3n) is 6.96. The number of piperidine rings is 1. The van der Waals surface area contributed by atoms with Crippen molar-refractivity contribution >= 4 is 5.91 Å². The summed E-state index contributed by atoms with van der Waals surface area (Å²) in [5.74, 6) is 1.34. The van der Waals surface area contributed by atoms with Crippen LogP contribution in [0.4, 0.5) is 0 Å². The van der Waals surface area contributed by atoms with Crippen molar-refractivity contribution in [3.63, 3.8) is 0 Å². The van der Waals surface area contributed by atoms with Crippen LogP contribution in [0.2, 0.25) is 0 Å². The molecule has 1 saturated carbocycles. The summed E-state index contributed by atoms with van der Waals surface area (Å²) in [6.45, 7) is 16.4. The fraction of sp³-hybridized carbons (Fsp3) is 0.957. The zero-order chi connectivity index (χ0) is 19.9. The number of rotatable bonds is 8. The van der Waals surface area contributed by atoms with E-state index in [4.69, 9.17) is 0 Å². The van der Waals surface area contributed by atoms with Gasteiger partial charge in [-0.05, 0) is 71.3 Å². The standard InChI is InChI=1S/C23H44N4O/c1-4-11-27(18-21-7-8-21)22-9-16-24(17-10-22)19-23(28)26-14-5-12-25(20(2)3)13-6-15-26/h20-22H,4-19H2,1-3H3. The maximum atomic E-state index is 12.9. The van der Waals surface area contributed by atoms with Crippen molar-refractivity contribution in [2.75, 3.05) is 58.9 Å². The molecule has 2 saturated heterocycles. The van der Waals surface area contributed by atoms with E-state index in [2.05, 4.69) is 40.4 Å². The van der Waals surface area contributed by atoms with Crippen molar-refractivity contribution in [2.45, 2.75) is 77.8 Å². The van der Waals surface area contributed by atoms with Crippen LogP contribution in [0, 0.1) is 5.92 Å². The van der Waals surface area contributed by atoms with Crippen LogP contribution in [0.15, 0.2) is 0 Å². The highest BCUT2D eigenvalue weighted by molar-refractivity contribution is 5.78. The van der Waals surface area contributed by atoms with Crippen molar-refractivity contribution in [3.8, 4) is 0 Å². The highest BCUT2D eigenvalue weighted by Gasteiger charge is 2.30. The van der Waals surface area contributed by atoms with Gasteiger partial charge in [-0.3, -0.25) is 9.69 Å². The Balaban J connectivity index is 1.39. The molecule has 0 radical (unpaired) electrons. The summed E-state index contributed by atoms with van der Waals surface area (Å²) in [4.78, 5) is 22.7. The lowest BCUT2D eigenvalue weighted by molar-refractivity contribution is -0.133. The number of hydrogen-bond donors (Lipinski definition) is 0. The van der Waals surface area contributed by atoms with Crippen LogP contribution in [0.5, 0.6) is 0 Å². The molecule has 0 aromatic carbocycles. The van der Waals surface area contributed by atoms with Crippen molar-refractivity contribution in [1.82, 2.24) is 19.6 Å². The smallest absolute Gasteiger partial charge is 0.236 e. The second-order valence-electron chi connectivity index (χ2n) is 9.66. The molecule has 3 fully saturated rings. The fourth-order valence-corrected chi connectivity index (χ4v) is 4.99. The van der Waals surface area contributed by atoms with Gasteiger partial charge in [0.1, 0.15) is 0 Å². The Bertz CT molecular complexity index is 461. The SMILES string of the molecule is CCCN(CC1CC1)C1CCN(CC(=O)N2CCCN(C(C)C)CCC2)CC1. The molecule has 1 amide bonds. The van der Waals surface area contributed by atoms with Crippen molar-refractivity contribution < 1.29 is 4.79 Å². The van der Waals surface area contributed by atoms with Crippen LogP contribution in [0.3, 0.4) is 0 Å². The van der Waals surface area contributed by atoms with Gasteiger partial charge in [0.25, 0.3) is 0 Å². The Morgan fingerprint density at radius 3 is 2.14 bits per heavy atom. The van der Waals surface area contributed by atoms with Crippen LogP contribution >= 0.6 is 0 Å². The highest BCUT2D eigenvalue weighted by atomic mass is 16.2. The summed E-state index contributed by atoms with van der Waals surface area (Å²) in [7, 11) is 0. The minimum atomic E-state index is 0.361. The molecule has 2 heterocycles. The van der Waals surface area contributed by atoms with Gasteiger partial charge in [-0.1, -0.05) is 6.92 Å². The molecule has 0 unspecified atom stereocenters. The van der Waals surface area contributed by atoms with E-state index in [-0.39, 0.29) is 0 Å². The van der Waals surface area contributed by atoms with Gasteiger partial charge in [-0.15, -0.1) is 0 Å². The largest absolute Gasteiger partial charge is 0.341 e. The molecule has 5 heteroatoms. The van der Waals surface area contributed by atoms with Gasteiger partial charge in [-0.25, -0.2) is 0 Å². The maximum absolute atomic E-state index is 12.9. The highest BCUT2D eigenvalue weighted by Crippen LogP contribution is 2.31. The molecule has 1 aliphatic carbocycles. The Morgan fingerprint density at radius 1 is 0.964 bits per heavy atom. The van der Waals surface area contributed by atoms with E-state index in [0.717, 1.165) is 64.1 Å². The van der Waals surface area contributed by atoms with Gasteiger partial charge >= 0.3 is 0 Å². The monoisotopic (exact) mass is 392 g/mol. The average molecular weight is 393 g/mol. The van der Waals surface area contributed by atoms with Crippen LogP contribution in [0.25, 0.3) is 0 Å². The van der Waals surface area contributed by atoms with Gasteiger partial charge in [-0.2, -0.15) is 0 Å². The Hall–Kier alpha value is -0.650. The minimum absolute atomic E-state index is 0.361. The van der Waals surface area contributed by atoms with Crippen LogP contribution < -0.4 is 0 Å².